The van der Waals surface area contributed by atoms with Crippen LogP contribution in [-0.4, -0.2) is 22.6 Å². The first kappa shape index (κ1) is 14.5. The second-order valence-corrected chi connectivity index (χ2v) is 5.85. The fourth-order valence-electron chi connectivity index (χ4n) is 1.39. The molecule has 0 aliphatic heterocycles. The van der Waals surface area contributed by atoms with Crippen LogP contribution in [-0.2, 0) is 0 Å². The molecule has 5 heteroatoms. The Bertz CT molecular complexity index is 385. The van der Waals surface area contributed by atoms with Crippen molar-refractivity contribution in [2.24, 2.45) is 5.41 Å². The van der Waals surface area contributed by atoms with Crippen LogP contribution < -0.4 is 15.8 Å². The van der Waals surface area contributed by atoms with Crippen molar-refractivity contribution in [2.45, 2.75) is 47.1 Å². The van der Waals surface area contributed by atoms with E-state index in [2.05, 4.69) is 36.1 Å². The van der Waals surface area contributed by atoms with Gasteiger partial charge in [-0.3, -0.25) is 0 Å². The smallest absolute Gasteiger partial charge is 0.242 e. The van der Waals surface area contributed by atoms with Crippen LogP contribution in [0.15, 0.2) is 6.33 Å². The Hall–Kier alpha value is -1.52. The topological polar surface area (TPSA) is 73.1 Å². The van der Waals surface area contributed by atoms with Crippen molar-refractivity contribution < 1.29 is 4.74 Å². The van der Waals surface area contributed by atoms with E-state index in [1.807, 2.05) is 13.8 Å². The van der Waals surface area contributed by atoms with E-state index in [1.54, 1.807) is 0 Å². The molecular formula is C13H24N4O. The lowest BCUT2D eigenvalue weighted by Crippen LogP contribution is -2.15. The highest BCUT2D eigenvalue weighted by molar-refractivity contribution is 5.66. The highest BCUT2D eigenvalue weighted by Crippen LogP contribution is 2.26. The Labute approximate surface area is 109 Å². The van der Waals surface area contributed by atoms with E-state index in [0.717, 1.165) is 13.0 Å². The van der Waals surface area contributed by atoms with Crippen molar-refractivity contribution in [1.29, 1.82) is 0 Å². The van der Waals surface area contributed by atoms with Gasteiger partial charge in [-0.2, -0.15) is 4.98 Å². The molecule has 0 unspecified atom stereocenters. The van der Waals surface area contributed by atoms with Crippen LogP contribution in [0.2, 0.25) is 0 Å². The predicted octanol–water partition coefficient (Wildman–Crippen LogP) is 2.69. The van der Waals surface area contributed by atoms with Gasteiger partial charge >= 0.3 is 0 Å². The molecule has 0 aliphatic rings. The summed E-state index contributed by atoms with van der Waals surface area (Å²) >= 11 is 0. The molecule has 5 nitrogen and oxygen atoms in total. The van der Waals surface area contributed by atoms with Gasteiger partial charge in [-0.05, 0) is 25.7 Å². The molecular weight excluding hydrogens is 228 g/mol. The zero-order valence-electron chi connectivity index (χ0n) is 11.9. The zero-order valence-corrected chi connectivity index (χ0v) is 11.9. The molecule has 0 bridgehead atoms. The highest BCUT2D eigenvalue weighted by Gasteiger charge is 2.12. The SMILES string of the molecule is CC(C)Oc1ncnc(NCCC(C)(C)C)c1N. The first-order valence-electron chi connectivity index (χ1n) is 6.30. The quantitative estimate of drug-likeness (QED) is 0.843. The molecule has 0 spiro atoms. The molecule has 0 saturated heterocycles. The lowest BCUT2D eigenvalue weighted by atomic mass is 9.92. The van der Waals surface area contributed by atoms with Gasteiger partial charge in [0.05, 0.1) is 6.10 Å². The van der Waals surface area contributed by atoms with Gasteiger partial charge in [0.15, 0.2) is 5.82 Å². The Kier molecular flexibility index (Phi) is 4.76. The molecule has 0 atom stereocenters. The number of nitrogens with zero attached hydrogens (tertiary/aromatic N) is 2. The van der Waals surface area contributed by atoms with Crippen LogP contribution in [0.3, 0.4) is 0 Å². The second-order valence-electron chi connectivity index (χ2n) is 5.85. The monoisotopic (exact) mass is 252 g/mol. The maximum atomic E-state index is 5.97. The van der Waals surface area contributed by atoms with E-state index < -0.39 is 0 Å². The summed E-state index contributed by atoms with van der Waals surface area (Å²) in [5.74, 6) is 1.09. The van der Waals surface area contributed by atoms with Crippen LogP contribution in [0.25, 0.3) is 0 Å². The summed E-state index contributed by atoms with van der Waals surface area (Å²) in [6, 6.07) is 0. The Morgan fingerprint density at radius 2 is 2.00 bits per heavy atom. The van der Waals surface area contributed by atoms with Gasteiger partial charge in [0.25, 0.3) is 0 Å². The number of nitrogen functional groups attached to an aromatic ring is 1. The molecule has 0 aliphatic carbocycles. The number of rotatable bonds is 5. The summed E-state index contributed by atoms with van der Waals surface area (Å²) in [5, 5.41) is 3.23. The predicted molar refractivity (Wildman–Crippen MR) is 74.8 cm³/mol. The van der Waals surface area contributed by atoms with Gasteiger partial charge < -0.3 is 15.8 Å². The van der Waals surface area contributed by atoms with Crippen molar-refractivity contribution in [3.63, 3.8) is 0 Å². The third kappa shape index (κ3) is 4.77. The first-order chi connectivity index (χ1) is 8.29. The zero-order chi connectivity index (χ0) is 13.8. The number of hydrogen-bond acceptors (Lipinski definition) is 5. The summed E-state index contributed by atoms with van der Waals surface area (Å²) in [5.41, 5.74) is 6.73. The molecule has 102 valence electrons. The van der Waals surface area contributed by atoms with Crippen molar-refractivity contribution in [3.05, 3.63) is 6.33 Å². The van der Waals surface area contributed by atoms with E-state index in [9.17, 15) is 0 Å². The van der Waals surface area contributed by atoms with E-state index >= 15 is 0 Å². The summed E-state index contributed by atoms with van der Waals surface area (Å²) in [6.45, 7) is 11.3. The average molecular weight is 252 g/mol. The highest BCUT2D eigenvalue weighted by atomic mass is 16.5. The molecule has 1 aromatic rings. The number of nitrogens with two attached hydrogens (primary N) is 1. The van der Waals surface area contributed by atoms with Gasteiger partial charge in [0, 0.05) is 6.54 Å². The average Bonchev–Trinajstić information content (AvgIpc) is 2.21. The summed E-state index contributed by atoms with van der Waals surface area (Å²) in [7, 11) is 0. The minimum Gasteiger partial charge on any atom is -0.473 e. The molecule has 0 amide bonds. The normalized spacial score (nSPS) is 11.7. The van der Waals surface area contributed by atoms with Crippen LogP contribution >= 0.6 is 0 Å². The van der Waals surface area contributed by atoms with Gasteiger partial charge in [0.1, 0.15) is 12.0 Å². The van der Waals surface area contributed by atoms with Gasteiger partial charge in [-0.15, -0.1) is 0 Å². The van der Waals surface area contributed by atoms with Crippen molar-refractivity contribution in [1.82, 2.24) is 9.97 Å². The third-order valence-electron chi connectivity index (χ3n) is 2.36. The summed E-state index contributed by atoms with van der Waals surface area (Å²) < 4.78 is 5.52. The molecule has 0 saturated carbocycles. The lowest BCUT2D eigenvalue weighted by molar-refractivity contribution is 0.234. The summed E-state index contributed by atoms with van der Waals surface area (Å²) in [4.78, 5) is 8.18. The van der Waals surface area contributed by atoms with Crippen LogP contribution in [0.1, 0.15) is 41.0 Å². The Morgan fingerprint density at radius 3 is 2.56 bits per heavy atom. The minimum atomic E-state index is 0.0459. The maximum absolute atomic E-state index is 5.97. The first-order valence-corrected chi connectivity index (χ1v) is 6.30. The second kappa shape index (κ2) is 5.89. The number of hydrogen-bond donors (Lipinski definition) is 2. The van der Waals surface area contributed by atoms with Crippen molar-refractivity contribution >= 4 is 11.5 Å². The van der Waals surface area contributed by atoms with Gasteiger partial charge in [0.2, 0.25) is 5.88 Å². The molecule has 18 heavy (non-hydrogen) atoms. The molecule has 0 fully saturated rings. The van der Waals surface area contributed by atoms with Crippen molar-refractivity contribution in [3.8, 4) is 5.88 Å². The molecule has 0 aromatic carbocycles. The molecule has 1 heterocycles. The lowest BCUT2D eigenvalue weighted by Gasteiger charge is -2.19. The van der Waals surface area contributed by atoms with Crippen LogP contribution in [0.4, 0.5) is 11.5 Å². The van der Waals surface area contributed by atoms with Crippen LogP contribution in [0.5, 0.6) is 5.88 Å². The van der Waals surface area contributed by atoms with Gasteiger partial charge in [-0.25, -0.2) is 4.98 Å². The molecule has 1 aromatic heterocycles. The number of nitrogens with one attached hydrogen (secondary N) is 1. The Balaban J connectivity index is 2.66. The van der Waals surface area contributed by atoms with E-state index in [-0.39, 0.29) is 11.5 Å². The molecule has 1 rings (SSSR count). The molecule has 0 radical (unpaired) electrons. The number of aromatic nitrogens is 2. The van der Waals surface area contributed by atoms with E-state index in [4.69, 9.17) is 10.5 Å². The number of ether oxygens (including phenoxy) is 1. The number of anilines is 2. The largest absolute Gasteiger partial charge is 0.473 e. The van der Waals surface area contributed by atoms with E-state index in [1.165, 1.54) is 6.33 Å². The fourth-order valence-corrected chi connectivity index (χ4v) is 1.39. The van der Waals surface area contributed by atoms with Crippen LogP contribution in [0, 0.1) is 5.41 Å². The van der Waals surface area contributed by atoms with Crippen molar-refractivity contribution in [2.75, 3.05) is 17.6 Å². The Morgan fingerprint density at radius 1 is 1.33 bits per heavy atom. The summed E-state index contributed by atoms with van der Waals surface area (Å²) in [6.07, 6.45) is 2.55. The minimum absolute atomic E-state index is 0.0459. The third-order valence-corrected chi connectivity index (χ3v) is 2.36. The molecule has 3 N–H and O–H groups in total. The van der Waals surface area contributed by atoms with E-state index in [0.29, 0.717) is 17.4 Å². The van der Waals surface area contributed by atoms with Gasteiger partial charge in [-0.1, -0.05) is 20.8 Å². The maximum Gasteiger partial charge on any atom is 0.242 e. The fraction of sp³-hybridized carbons (Fsp3) is 0.692. The standard InChI is InChI=1S/C13H24N4O/c1-9(2)18-12-10(14)11(16-8-17-12)15-7-6-13(3,4)5/h8-9H,6-7,14H2,1-5H3,(H,15,16,17).